The van der Waals surface area contributed by atoms with E-state index in [1.165, 1.54) is 25.0 Å². The number of hydrogen-bond donors (Lipinski definition) is 1. The second kappa shape index (κ2) is 7.44. The number of amides is 1. The Bertz CT molecular complexity index is 1200. The minimum Gasteiger partial charge on any atom is -0.451 e. The molecule has 0 radical (unpaired) electrons. The van der Waals surface area contributed by atoms with E-state index >= 15 is 0 Å². The average molecular weight is 391 g/mol. The summed E-state index contributed by atoms with van der Waals surface area (Å²) in [5, 5.41) is 3.89. The summed E-state index contributed by atoms with van der Waals surface area (Å²) in [5.41, 5.74) is 3.01. The quantitative estimate of drug-likeness (QED) is 0.302. The first kappa shape index (κ1) is 18.2. The number of anilines is 1. The molecule has 2 heterocycles. The Hall–Kier alpha value is -3.19. The van der Waals surface area contributed by atoms with Crippen LogP contribution in [0.15, 0.2) is 64.3 Å². The van der Waals surface area contributed by atoms with Gasteiger partial charge in [0.1, 0.15) is 22.5 Å². The van der Waals surface area contributed by atoms with E-state index in [1.54, 1.807) is 31.2 Å². The highest BCUT2D eigenvalue weighted by Crippen LogP contribution is 2.34. The number of rotatable bonds is 5. The summed E-state index contributed by atoms with van der Waals surface area (Å²) in [7, 11) is 0. The normalized spacial score (nSPS) is 12.2. The number of benzene rings is 2. The molecule has 0 fully saturated rings. The molecule has 0 saturated heterocycles. The van der Waals surface area contributed by atoms with E-state index in [0.29, 0.717) is 21.9 Å². The van der Waals surface area contributed by atoms with E-state index in [4.69, 9.17) is 4.42 Å². The highest BCUT2D eigenvalue weighted by molar-refractivity contribution is 8.00. The van der Waals surface area contributed by atoms with Crippen molar-refractivity contribution >= 4 is 51.2 Å². The van der Waals surface area contributed by atoms with Crippen LogP contribution >= 0.6 is 11.8 Å². The van der Waals surface area contributed by atoms with Gasteiger partial charge < -0.3 is 9.73 Å². The first-order valence-electron chi connectivity index (χ1n) is 8.74. The van der Waals surface area contributed by atoms with Gasteiger partial charge in [-0.15, -0.1) is 0 Å². The lowest BCUT2D eigenvalue weighted by atomic mass is 10.1. The highest BCUT2D eigenvalue weighted by atomic mass is 32.2. The molecular formula is C21H17N3O3S. The third kappa shape index (κ3) is 3.36. The van der Waals surface area contributed by atoms with E-state index < -0.39 is 5.25 Å². The predicted molar refractivity (Wildman–Crippen MR) is 110 cm³/mol. The molecule has 1 atom stereocenters. The highest BCUT2D eigenvalue weighted by Gasteiger charge is 2.21. The number of ketones is 1. The van der Waals surface area contributed by atoms with Crippen LogP contribution in [-0.4, -0.2) is 26.9 Å². The van der Waals surface area contributed by atoms with Gasteiger partial charge in [-0.05, 0) is 38.1 Å². The van der Waals surface area contributed by atoms with Crippen molar-refractivity contribution in [3.63, 3.8) is 0 Å². The number of nitrogens with one attached hydrogen (secondary N) is 1. The maximum atomic E-state index is 12.7. The number of aromatic nitrogens is 2. The lowest BCUT2D eigenvalue weighted by Crippen LogP contribution is -2.23. The van der Waals surface area contributed by atoms with E-state index in [9.17, 15) is 9.59 Å². The molecule has 28 heavy (non-hydrogen) atoms. The minimum absolute atomic E-state index is 0.101. The van der Waals surface area contributed by atoms with Gasteiger partial charge in [-0.3, -0.25) is 9.59 Å². The van der Waals surface area contributed by atoms with Crippen molar-refractivity contribution in [3.05, 3.63) is 60.4 Å². The summed E-state index contributed by atoms with van der Waals surface area (Å²) < 4.78 is 5.91. The van der Waals surface area contributed by atoms with Crippen LogP contribution in [0.2, 0.25) is 0 Å². The van der Waals surface area contributed by atoms with Gasteiger partial charge in [-0.1, -0.05) is 36.0 Å². The molecule has 6 nitrogen and oxygen atoms in total. The number of hydrogen-bond acceptors (Lipinski definition) is 6. The number of thioether (sulfide) groups is 1. The molecule has 4 rings (SSSR count). The Morgan fingerprint density at radius 1 is 1.07 bits per heavy atom. The minimum atomic E-state index is -0.452. The van der Waals surface area contributed by atoms with E-state index in [1.807, 2.05) is 24.3 Å². The Balaban J connectivity index is 1.59. The molecule has 0 saturated carbocycles. The summed E-state index contributed by atoms with van der Waals surface area (Å²) in [4.78, 5) is 33.1. The molecule has 140 valence electrons. The lowest BCUT2D eigenvalue weighted by molar-refractivity contribution is -0.115. The van der Waals surface area contributed by atoms with E-state index in [0.717, 1.165) is 16.5 Å². The Labute approximate surface area is 165 Å². The molecule has 0 unspecified atom stereocenters. The summed E-state index contributed by atoms with van der Waals surface area (Å²) in [6.07, 6.45) is 1.47. The maximum Gasteiger partial charge on any atom is 0.237 e. The molecular weight excluding hydrogens is 374 g/mol. The van der Waals surface area contributed by atoms with Crippen LogP contribution in [0.4, 0.5) is 5.69 Å². The van der Waals surface area contributed by atoms with E-state index in [2.05, 4.69) is 15.3 Å². The molecule has 1 amide bonds. The largest absolute Gasteiger partial charge is 0.451 e. The number of Topliss-reactive ketones (excluding diaryl/α,β-unsaturated/α-hetero) is 1. The van der Waals surface area contributed by atoms with Crippen molar-refractivity contribution in [2.24, 2.45) is 0 Å². The van der Waals surface area contributed by atoms with Crippen LogP contribution < -0.4 is 5.32 Å². The molecule has 2 aromatic heterocycles. The third-order valence-corrected chi connectivity index (χ3v) is 5.43. The van der Waals surface area contributed by atoms with Gasteiger partial charge in [0.25, 0.3) is 0 Å². The van der Waals surface area contributed by atoms with Crippen molar-refractivity contribution in [2.45, 2.75) is 24.1 Å². The van der Waals surface area contributed by atoms with E-state index in [-0.39, 0.29) is 11.7 Å². The Morgan fingerprint density at radius 2 is 1.82 bits per heavy atom. The fourth-order valence-corrected chi connectivity index (χ4v) is 3.80. The first-order valence-corrected chi connectivity index (χ1v) is 9.62. The van der Waals surface area contributed by atoms with Gasteiger partial charge in [0, 0.05) is 10.9 Å². The number of para-hydroxylation sites is 2. The molecule has 0 aliphatic rings. The van der Waals surface area contributed by atoms with Gasteiger partial charge in [0.05, 0.1) is 10.9 Å². The van der Waals surface area contributed by atoms with Crippen LogP contribution in [0, 0.1) is 0 Å². The average Bonchev–Trinajstić information content (AvgIpc) is 3.08. The topological polar surface area (TPSA) is 85.1 Å². The van der Waals surface area contributed by atoms with Crippen molar-refractivity contribution in [1.29, 1.82) is 0 Å². The van der Waals surface area contributed by atoms with Crippen molar-refractivity contribution < 1.29 is 14.0 Å². The fraction of sp³-hybridized carbons (Fsp3) is 0.143. The number of nitrogens with zero attached hydrogens (tertiary/aromatic N) is 2. The van der Waals surface area contributed by atoms with Gasteiger partial charge in [0.15, 0.2) is 11.4 Å². The van der Waals surface area contributed by atoms with Gasteiger partial charge in [-0.25, -0.2) is 9.97 Å². The first-order chi connectivity index (χ1) is 13.5. The number of carbonyl (C=O) groups excluding carboxylic acids is 2. The monoisotopic (exact) mass is 391 g/mol. The van der Waals surface area contributed by atoms with Gasteiger partial charge in [-0.2, -0.15) is 0 Å². The molecule has 7 heteroatoms. The van der Waals surface area contributed by atoms with Crippen LogP contribution in [0.25, 0.3) is 22.1 Å². The van der Waals surface area contributed by atoms with Crippen LogP contribution in [0.3, 0.4) is 0 Å². The van der Waals surface area contributed by atoms with Gasteiger partial charge >= 0.3 is 0 Å². The Morgan fingerprint density at radius 3 is 2.64 bits per heavy atom. The molecule has 1 N–H and O–H groups in total. The zero-order chi connectivity index (χ0) is 19.7. The molecule has 0 aliphatic heterocycles. The second-order valence-corrected chi connectivity index (χ2v) is 7.64. The van der Waals surface area contributed by atoms with Crippen LogP contribution in [0.1, 0.15) is 24.2 Å². The van der Waals surface area contributed by atoms with Gasteiger partial charge in [0.2, 0.25) is 5.91 Å². The van der Waals surface area contributed by atoms with Crippen LogP contribution in [0.5, 0.6) is 0 Å². The zero-order valence-electron chi connectivity index (χ0n) is 15.3. The second-order valence-electron chi connectivity index (χ2n) is 6.31. The summed E-state index contributed by atoms with van der Waals surface area (Å²) >= 11 is 1.29. The SMILES string of the molecule is CC(=O)c1ccccc1NC(=O)[C@@H](C)Sc1ncnc2c1oc1ccccc12. The molecule has 0 bridgehead atoms. The molecule has 0 aliphatic carbocycles. The smallest absolute Gasteiger partial charge is 0.237 e. The maximum absolute atomic E-state index is 12.7. The molecule has 4 aromatic rings. The fourth-order valence-electron chi connectivity index (χ4n) is 2.94. The number of carbonyl (C=O) groups is 2. The predicted octanol–water partition coefficient (Wildman–Crippen LogP) is 4.70. The number of fused-ring (bicyclic) bond motifs is 3. The van der Waals surface area contributed by atoms with Crippen molar-refractivity contribution in [1.82, 2.24) is 9.97 Å². The molecule has 0 spiro atoms. The lowest BCUT2D eigenvalue weighted by Gasteiger charge is -2.13. The summed E-state index contributed by atoms with van der Waals surface area (Å²) in [6, 6.07) is 14.6. The summed E-state index contributed by atoms with van der Waals surface area (Å²) in [5.74, 6) is -0.322. The third-order valence-electron chi connectivity index (χ3n) is 4.35. The van der Waals surface area contributed by atoms with Crippen molar-refractivity contribution in [3.8, 4) is 0 Å². The molecule has 2 aromatic carbocycles. The standard InChI is InChI=1S/C21H17N3O3S/c1-12(25)14-7-3-5-9-16(14)24-20(26)13(2)28-21-19-18(22-11-23-21)15-8-4-6-10-17(15)27-19/h3-11,13H,1-2H3,(H,24,26)/t13-/m1/s1. The van der Waals surface area contributed by atoms with Crippen molar-refractivity contribution in [2.75, 3.05) is 5.32 Å². The summed E-state index contributed by atoms with van der Waals surface area (Å²) in [6.45, 7) is 3.26. The Kier molecular flexibility index (Phi) is 4.83. The zero-order valence-corrected chi connectivity index (χ0v) is 16.1. The van der Waals surface area contributed by atoms with Crippen LogP contribution in [-0.2, 0) is 4.79 Å². The number of furan rings is 1.